The van der Waals surface area contributed by atoms with E-state index in [0.717, 1.165) is 0 Å². The zero-order valence-corrected chi connectivity index (χ0v) is 24.5. The van der Waals surface area contributed by atoms with Gasteiger partial charge in [0.15, 0.2) is 5.65 Å². The maximum absolute atomic E-state index is 13.1. The number of fused-ring (bicyclic) bond motifs is 2. The standard InChI is InChI=1S/C26H28N8O6S2/c1-26(2,3)40-25(39)19(27)15-7-5-4-6-13(15)10-17(35)28-20-22(36)33-21(24(37)38)14(12-42-23(20)33)11-41-18-9-8-16-29-31-32-34(16)30-18/h4-9,19-20,23H,10-12,27H2,1-3H3,(H,28,35)(H,37,38)/t19?,20?,23-/m1/s1. The highest BCUT2D eigenvalue weighted by Gasteiger charge is 2.54. The van der Waals surface area contributed by atoms with Crippen molar-refractivity contribution in [1.29, 1.82) is 0 Å². The van der Waals surface area contributed by atoms with Crippen molar-refractivity contribution in [2.24, 2.45) is 5.73 Å². The summed E-state index contributed by atoms with van der Waals surface area (Å²) in [6, 6.07) is 8.23. The van der Waals surface area contributed by atoms with Gasteiger partial charge in [-0.3, -0.25) is 14.5 Å². The van der Waals surface area contributed by atoms with Crippen LogP contribution in [-0.4, -0.2) is 87.5 Å². The number of carbonyl (C=O) groups excluding carboxylic acids is 3. The third-order valence-electron chi connectivity index (χ3n) is 6.41. The number of aliphatic carboxylic acids is 1. The van der Waals surface area contributed by atoms with Crippen LogP contribution in [0, 0.1) is 0 Å². The first-order valence-electron chi connectivity index (χ1n) is 12.9. The van der Waals surface area contributed by atoms with Gasteiger partial charge in [-0.2, -0.15) is 0 Å². The average molecular weight is 613 g/mol. The molecule has 42 heavy (non-hydrogen) atoms. The van der Waals surface area contributed by atoms with Crippen molar-refractivity contribution in [1.82, 2.24) is 35.5 Å². The monoisotopic (exact) mass is 612 g/mol. The third-order valence-corrected chi connectivity index (χ3v) is 8.75. The number of esters is 1. The summed E-state index contributed by atoms with van der Waals surface area (Å²) in [4.78, 5) is 52.1. The maximum Gasteiger partial charge on any atom is 0.352 e. The van der Waals surface area contributed by atoms with E-state index in [0.29, 0.717) is 33.1 Å². The number of ether oxygens (including phenoxy) is 1. The van der Waals surface area contributed by atoms with E-state index >= 15 is 0 Å². The molecule has 0 aliphatic carbocycles. The molecule has 0 spiro atoms. The number of carbonyl (C=O) groups is 4. The second kappa shape index (κ2) is 11.7. The quantitative estimate of drug-likeness (QED) is 0.176. The van der Waals surface area contributed by atoms with E-state index in [1.807, 2.05) is 0 Å². The molecule has 1 saturated heterocycles. The first-order valence-corrected chi connectivity index (χ1v) is 14.9. The average Bonchev–Trinajstić information content (AvgIpc) is 3.41. The molecular weight excluding hydrogens is 584 g/mol. The van der Waals surface area contributed by atoms with Crippen LogP contribution in [0.25, 0.3) is 5.65 Å². The van der Waals surface area contributed by atoms with Gasteiger partial charge in [0.1, 0.15) is 33.8 Å². The number of rotatable bonds is 9. The molecular formula is C26H28N8O6S2. The number of nitrogens with one attached hydrogen (secondary N) is 1. The Morgan fingerprint density at radius 1 is 1.24 bits per heavy atom. The summed E-state index contributed by atoms with van der Waals surface area (Å²) in [6.45, 7) is 5.21. The van der Waals surface area contributed by atoms with Gasteiger partial charge in [-0.25, -0.2) is 9.59 Å². The van der Waals surface area contributed by atoms with Gasteiger partial charge >= 0.3 is 11.9 Å². The molecule has 4 heterocycles. The second-order valence-electron chi connectivity index (χ2n) is 10.6. The highest BCUT2D eigenvalue weighted by molar-refractivity contribution is 8.01. The van der Waals surface area contributed by atoms with Crippen molar-refractivity contribution in [2.75, 3.05) is 11.5 Å². The van der Waals surface area contributed by atoms with Crippen molar-refractivity contribution < 1.29 is 29.0 Å². The number of amides is 2. The number of hydrogen-bond acceptors (Lipinski definition) is 12. The van der Waals surface area contributed by atoms with E-state index in [2.05, 4.69) is 25.9 Å². The number of aromatic nitrogens is 5. The first-order chi connectivity index (χ1) is 19.9. The molecule has 2 aliphatic rings. The van der Waals surface area contributed by atoms with Gasteiger partial charge in [-0.05, 0) is 60.0 Å². The van der Waals surface area contributed by atoms with Crippen molar-refractivity contribution in [2.45, 2.75) is 55.3 Å². The Kier molecular flexibility index (Phi) is 8.21. The van der Waals surface area contributed by atoms with Gasteiger partial charge < -0.3 is 20.9 Å². The van der Waals surface area contributed by atoms with E-state index in [1.54, 1.807) is 57.2 Å². The van der Waals surface area contributed by atoms with Crippen LogP contribution in [0.4, 0.5) is 0 Å². The lowest BCUT2D eigenvalue weighted by Gasteiger charge is -2.49. The number of nitrogens with two attached hydrogens (primary N) is 1. The molecule has 0 saturated carbocycles. The molecule has 3 aromatic rings. The molecule has 0 bridgehead atoms. The molecule has 1 aromatic carbocycles. The molecule has 2 amide bonds. The number of hydrogen-bond donors (Lipinski definition) is 3. The lowest BCUT2D eigenvalue weighted by molar-refractivity contribution is -0.156. The number of β-lactam (4-membered cyclic amide) rings is 1. The predicted molar refractivity (Wildman–Crippen MR) is 152 cm³/mol. The Labute approximate surface area is 248 Å². The Morgan fingerprint density at radius 2 is 2.00 bits per heavy atom. The van der Waals surface area contributed by atoms with Crippen LogP contribution in [0.1, 0.15) is 37.9 Å². The lowest BCUT2D eigenvalue weighted by Crippen LogP contribution is -2.70. The number of benzene rings is 1. The van der Waals surface area contributed by atoms with Crippen LogP contribution < -0.4 is 11.1 Å². The second-order valence-corrected chi connectivity index (χ2v) is 12.7. The molecule has 3 atom stereocenters. The predicted octanol–water partition coefficient (Wildman–Crippen LogP) is 0.934. The van der Waals surface area contributed by atoms with Gasteiger partial charge in [-0.15, -0.1) is 38.4 Å². The van der Waals surface area contributed by atoms with Crippen LogP contribution in [0.5, 0.6) is 0 Å². The van der Waals surface area contributed by atoms with E-state index in [4.69, 9.17) is 10.5 Å². The van der Waals surface area contributed by atoms with E-state index in [9.17, 15) is 24.3 Å². The Balaban J connectivity index is 1.24. The van der Waals surface area contributed by atoms with Gasteiger partial charge in [0.25, 0.3) is 5.91 Å². The molecule has 1 fully saturated rings. The van der Waals surface area contributed by atoms with Gasteiger partial charge in [0, 0.05) is 11.5 Å². The summed E-state index contributed by atoms with van der Waals surface area (Å²) in [6.07, 6.45) is -0.129. The molecule has 5 rings (SSSR count). The fourth-order valence-corrected chi connectivity index (χ4v) is 6.89. The van der Waals surface area contributed by atoms with Crippen LogP contribution in [-0.2, 0) is 30.3 Å². The minimum Gasteiger partial charge on any atom is -0.477 e. The van der Waals surface area contributed by atoms with E-state index < -0.39 is 46.8 Å². The van der Waals surface area contributed by atoms with Gasteiger partial charge in [0.05, 0.1) is 6.42 Å². The molecule has 2 aliphatic heterocycles. The van der Waals surface area contributed by atoms with Crippen LogP contribution >= 0.6 is 23.5 Å². The van der Waals surface area contributed by atoms with Gasteiger partial charge in [-0.1, -0.05) is 24.3 Å². The number of carboxylic acids is 1. The molecule has 0 radical (unpaired) electrons. The summed E-state index contributed by atoms with van der Waals surface area (Å²) in [5.41, 5.74) is 7.37. The van der Waals surface area contributed by atoms with Crippen molar-refractivity contribution in [3.63, 3.8) is 0 Å². The number of tetrazole rings is 1. The molecule has 4 N–H and O–H groups in total. The van der Waals surface area contributed by atoms with Crippen molar-refractivity contribution >= 4 is 52.9 Å². The largest absolute Gasteiger partial charge is 0.477 e. The van der Waals surface area contributed by atoms with Crippen LogP contribution in [0.2, 0.25) is 0 Å². The summed E-state index contributed by atoms with van der Waals surface area (Å²) in [7, 11) is 0. The lowest BCUT2D eigenvalue weighted by atomic mass is 9.97. The van der Waals surface area contributed by atoms with Crippen LogP contribution in [0.3, 0.4) is 0 Å². The summed E-state index contributed by atoms with van der Waals surface area (Å²) >= 11 is 2.68. The smallest absolute Gasteiger partial charge is 0.352 e. The zero-order valence-electron chi connectivity index (χ0n) is 22.9. The van der Waals surface area contributed by atoms with Gasteiger partial charge in [0.2, 0.25) is 5.91 Å². The Bertz CT molecular complexity index is 1600. The minimum atomic E-state index is -1.22. The van der Waals surface area contributed by atoms with E-state index in [1.165, 1.54) is 33.1 Å². The summed E-state index contributed by atoms with van der Waals surface area (Å²) in [5, 5.41) is 28.1. The molecule has 14 nitrogen and oxygen atoms in total. The normalized spacial score (nSPS) is 19.2. The zero-order chi connectivity index (χ0) is 30.2. The highest BCUT2D eigenvalue weighted by Crippen LogP contribution is 2.41. The molecule has 2 unspecified atom stereocenters. The third kappa shape index (κ3) is 6.10. The Hall–Kier alpha value is -4.02. The fourth-order valence-electron chi connectivity index (χ4n) is 4.55. The topological polar surface area (TPSA) is 195 Å². The first kappa shape index (κ1) is 29.5. The number of thioether (sulfide) groups is 2. The van der Waals surface area contributed by atoms with Crippen LogP contribution in [0.15, 0.2) is 52.7 Å². The maximum atomic E-state index is 13.1. The molecule has 220 valence electrons. The fraction of sp³-hybridized carbons (Fsp3) is 0.385. The van der Waals surface area contributed by atoms with E-state index in [-0.39, 0.29) is 17.9 Å². The summed E-state index contributed by atoms with van der Waals surface area (Å²) in [5.74, 6) is -2.15. The minimum absolute atomic E-state index is 0.0843. The van der Waals surface area contributed by atoms with Crippen molar-refractivity contribution in [3.8, 4) is 0 Å². The SMILES string of the molecule is CC(C)(C)OC(=O)C(N)c1ccccc1CC(=O)NC1C(=O)N2C(C(=O)O)=C(CSc3ccc4nnnn4n3)CS[C@H]12. The summed E-state index contributed by atoms with van der Waals surface area (Å²) < 4.78 is 6.66. The van der Waals surface area contributed by atoms with Crippen molar-refractivity contribution in [3.05, 3.63) is 58.8 Å². The highest BCUT2D eigenvalue weighted by atomic mass is 32.2. The number of nitrogens with zero attached hydrogens (tertiary/aromatic N) is 6. The number of carboxylic acid groups (broad SMARTS) is 1. The molecule has 2 aromatic heterocycles. The Morgan fingerprint density at radius 3 is 2.74 bits per heavy atom. The molecule has 16 heteroatoms.